The third-order valence-corrected chi connectivity index (χ3v) is 4.48. The molecular weight excluding hydrogens is 296 g/mol. The maximum atomic E-state index is 12.0. The fraction of sp³-hybridized carbons (Fsp3) is 0.750. The summed E-state index contributed by atoms with van der Waals surface area (Å²) in [5, 5.41) is 14.2. The van der Waals surface area contributed by atoms with Gasteiger partial charge in [0, 0.05) is 44.2 Å². The molecule has 0 aromatic heterocycles. The lowest BCUT2D eigenvalue weighted by atomic mass is 10.2. The zero-order chi connectivity index (χ0) is 15.2. The Bertz CT molecular complexity index is 414. The fourth-order valence-corrected chi connectivity index (χ4v) is 3.30. The monoisotopic (exact) mass is 316 g/mol. The summed E-state index contributed by atoms with van der Waals surface area (Å²) in [6.07, 6.45) is 0. The van der Waals surface area contributed by atoms with E-state index in [0.29, 0.717) is 6.54 Å². The summed E-state index contributed by atoms with van der Waals surface area (Å²) < 4.78 is 0. The molecule has 2 saturated heterocycles. The first kappa shape index (κ1) is 15.9. The van der Waals surface area contributed by atoms with Gasteiger partial charge in [-0.25, -0.2) is 9.59 Å². The molecule has 3 amide bonds. The van der Waals surface area contributed by atoms with E-state index in [2.05, 4.69) is 15.5 Å². The van der Waals surface area contributed by atoms with Gasteiger partial charge in [-0.3, -0.25) is 14.6 Å². The Morgan fingerprint density at radius 1 is 1.38 bits per heavy atom. The number of carboxylic acids is 1. The van der Waals surface area contributed by atoms with Crippen LogP contribution in [0.25, 0.3) is 0 Å². The number of nitrogens with one attached hydrogen (secondary N) is 2. The Hall–Kier alpha value is -1.48. The molecule has 1 unspecified atom stereocenters. The largest absolute Gasteiger partial charge is 0.480 e. The number of aliphatic carboxylic acids is 1. The summed E-state index contributed by atoms with van der Waals surface area (Å²) in [6, 6.07) is -1.50. The van der Waals surface area contributed by atoms with Crippen LogP contribution in [0.4, 0.5) is 4.79 Å². The van der Waals surface area contributed by atoms with Gasteiger partial charge < -0.3 is 15.7 Å². The molecule has 2 rings (SSSR count). The summed E-state index contributed by atoms with van der Waals surface area (Å²) in [6.45, 7) is 2.93. The van der Waals surface area contributed by atoms with Crippen LogP contribution < -0.4 is 10.6 Å². The minimum Gasteiger partial charge on any atom is -0.480 e. The number of carboxylic acid groups (broad SMARTS) is 1. The van der Waals surface area contributed by atoms with E-state index in [1.165, 1.54) is 0 Å². The van der Waals surface area contributed by atoms with Gasteiger partial charge in [-0.05, 0) is 0 Å². The average molecular weight is 316 g/mol. The van der Waals surface area contributed by atoms with Crippen LogP contribution in [0.3, 0.4) is 0 Å². The maximum Gasteiger partial charge on any atom is 0.328 e. The van der Waals surface area contributed by atoms with E-state index in [1.807, 2.05) is 11.8 Å². The smallest absolute Gasteiger partial charge is 0.328 e. The first-order chi connectivity index (χ1) is 10.1. The third-order valence-electron chi connectivity index (χ3n) is 3.54. The topological polar surface area (TPSA) is 102 Å². The van der Waals surface area contributed by atoms with Crippen molar-refractivity contribution in [1.82, 2.24) is 20.4 Å². The molecule has 9 heteroatoms. The lowest BCUT2D eigenvalue weighted by Crippen LogP contribution is -2.61. The van der Waals surface area contributed by atoms with Gasteiger partial charge in [0.25, 0.3) is 0 Å². The highest BCUT2D eigenvalue weighted by atomic mass is 32.2. The van der Waals surface area contributed by atoms with E-state index < -0.39 is 18.0 Å². The Kier molecular flexibility index (Phi) is 5.68. The molecule has 2 fully saturated rings. The molecule has 21 heavy (non-hydrogen) atoms. The van der Waals surface area contributed by atoms with Gasteiger partial charge in [0.15, 0.2) is 0 Å². The standard InChI is InChI=1S/C12H20N4O4S/c17-10-8-16(9(7-14-10)11(18)19)12(20)13-1-2-15-3-5-21-6-4-15/h9H,1-8H2,(H,13,20)(H,14,17)(H,18,19). The molecule has 0 aliphatic carbocycles. The number of hydrogen-bond acceptors (Lipinski definition) is 5. The summed E-state index contributed by atoms with van der Waals surface area (Å²) in [4.78, 5) is 37.8. The van der Waals surface area contributed by atoms with E-state index in [0.717, 1.165) is 36.0 Å². The van der Waals surface area contributed by atoms with Crippen LogP contribution in [0.2, 0.25) is 0 Å². The van der Waals surface area contributed by atoms with E-state index in [-0.39, 0.29) is 19.0 Å². The first-order valence-electron chi connectivity index (χ1n) is 6.92. The van der Waals surface area contributed by atoms with Crippen LogP contribution in [-0.2, 0) is 9.59 Å². The maximum absolute atomic E-state index is 12.0. The number of rotatable bonds is 4. The van der Waals surface area contributed by atoms with Gasteiger partial charge in [-0.15, -0.1) is 0 Å². The molecule has 0 spiro atoms. The van der Waals surface area contributed by atoms with E-state index >= 15 is 0 Å². The number of carbonyl (C=O) groups excluding carboxylic acids is 2. The Labute approximate surface area is 127 Å². The SMILES string of the molecule is O=C1CN(C(=O)NCCN2CCSCC2)C(C(=O)O)CN1. The predicted octanol–water partition coefficient (Wildman–Crippen LogP) is -1.37. The van der Waals surface area contributed by atoms with Crippen LogP contribution in [-0.4, -0.2) is 89.6 Å². The molecule has 2 aliphatic heterocycles. The molecule has 0 aromatic rings. The van der Waals surface area contributed by atoms with E-state index in [1.54, 1.807) is 0 Å². The number of urea groups is 1. The van der Waals surface area contributed by atoms with Crippen molar-refractivity contribution in [1.29, 1.82) is 0 Å². The molecular formula is C12H20N4O4S. The van der Waals surface area contributed by atoms with Crippen LogP contribution in [0.5, 0.6) is 0 Å². The van der Waals surface area contributed by atoms with Crippen molar-refractivity contribution in [3.63, 3.8) is 0 Å². The Balaban J connectivity index is 1.79. The van der Waals surface area contributed by atoms with E-state index in [4.69, 9.17) is 5.11 Å². The number of piperazine rings is 1. The quantitative estimate of drug-likeness (QED) is 0.591. The second-order valence-corrected chi connectivity index (χ2v) is 6.20. The highest BCUT2D eigenvalue weighted by Crippen LogP contribution is 2.08. The van der Waals surface area contributed by atoms with Gasteiger partial charge in [-0.1, -0.05) is 0 Å². The van der Waals surface area contributed by atoms with Crippen molar-refractivity contribution in [2.75, 3.05) is 50.8 Å². The van der Waals surface area contributed by atoms with Crippen molar-refractivity contribution >= 4 is 29.7 Å². The number of nitrogens with zero attached hydrogens (tertiary/aromatic N) is 2. The van der Waals surface area contributed by atoms with Crippen LogP contribution in [0, 0.1) is 0 Å². The third kappa shape index (κ3) is 4.50. The van der Waals surface area contributed by atoms with Gasteiger partial charge in [-0.2, -0.15) is 11.8 Å². The second kappa shape index (κ2) is 7.51. The van der Waals surface area contributed by atoms with Gasteiger partial charge in [0.05, 0.1) is 0 Å². The molecule has 0 aromatic carbocycles. The van der Waals surface area contributed by atoms with Gasteiger partial charge in [0.2, 0.25) is 5.91 Å². The zero-order valence-electron chi connectivity index (χ0n) is 11.7. The molecule has 0 radical (unpaired) electrons. The summed E-state index contributed by atoms with van der Waals surface area (Å²) in [5.74, 6) is 0.747. The van der Waals surface area contributed by atoms with Gasteiger partial charge in [0.1, 0.15) is 12.6 Å². The Morgan fingerprint density at radius 2 is 2.10 bits per heavy atom. The minimum atomic E-state index is -1.11. The molecule has 2 aliphatic rings. The highest BCUT2D eigenvalue weighted by molar-refractivity contribution is 7.99. The average Bonchev–Trinajstić information content (AvgIpc) is 2.47. The van der Waals surface area contributed by atoms with Crippen molar-refractivity contribution in [2.45, 2.75) is 6.04 Å². The molecule has 2 heterocycles. The number of hydrogen-bond donors (Lipinski definition) is 3. The van der Waals surface area contributed by atoms with Crippen molar-refractivity contribution < 1.29 is 19.5 Å². The molecule has 8 nitrogen and oxygen atoms in total. The van der Waals surface area contributed by atoms with Crippen molar-refractivity contribution in [3.8, 4) is 0 Å². The number of amides is 3. The van der Waals surface area contributed by atoms with Gasteiger partial charge >= 0.3 is 12.0 Å². The van der Waals surface area contributed by atoms with Crippen molar-refractivity contribution in [2.24, 2.45) is 0 Å². The minimum absolute atomic E-state index is 0.0507. The predicted molar refractivity (Wildman–Crippen MR) is 78.3 cm³/mol. The normalized spacial score (nSPS) is 23.5. The zero-order valence-corrected chi connectivity index (χ0v) is 12.5. The molecule has 0 bridgehead atoms. The summed E-state index contributed by atoms with van der Waals surface area (Å²) >= 11 is 1.92. The Morgan fingerprint density at radius 3 is 2.76 bits per heavy atom. The van der Waals surface area contributed by atoms with Crippen LogP contribution in [0.1, 0.15) is 0 Å². The number of carbonyl (C=O) groups is 3. The lowest BCUT2D eigenvalue weighted by molar-refractivity contribution is -0.144. The van der Waals surface area contributed by atoms with Crippen LogP contribution in [0.15, 0.2) is 0 Å². The molecule has 1 atom stereocenters. The van der Waals surface area contributed by atoms with Crippen molar-refractivity contribution in [3.05, 3.63) is 0 Å². The summed E-state index contributed by atoms with van der Waals surface area (Å²) in [7, 11) is 0. The summed E-state index contributed by atoms with van der Waals surface area (Å²) in [5.41, 5.74) is 0. The molecule has 3 N–H and O–H groups in total. The second-order valence-electron chi connectivity index (χ2n) is 4.97. The number of thioether (sulfide) groups is 1. The highest BCUT2D eigenvalue weighted by Gasteiger charge is 2.35. The first-order valence-corrected chi connectivity index (χ1v) is 8.07. The fourth-order valence-electron chi connectivity index (χ4n) is 2.32. The lowest BCUT2D eigenvalue weighted by Gasteiger charge is -2.33. The van der Waals surface area contributed by atoms with Crippen LogP contribution >= 0.6 is 11.8 Å². The molecule has 0 saturated carbocycles. The van der Waals surface area contributed by atoms with E-state index in [9.17, 15) is 14.4 Å². The molecule has 118 valence electrons.